The van der Waals surface area contributed by atoms with Crippen molar-refractivity contribution in [1.82, 2.24) is 0 Å². The van der Waals surface area contributed by atoms with Gasteiger partial charge in [0.05, 0.1) is 33.5 Å². The van der Waals surface area contributed by atoms with E-state index in [9.17, 15) is 27.9 Å². The fourth-order valence-corrected chi connectivity index (χ4v) is 5.94. The van der Waals surface area contributed by atoms with Gasteiger partial charge in [-0.2, -0.15) is 0 Å². The second kappa shape index (κ2) is 14.4. The van der Waals surface area contributed by atoms with Gasteiger partial charge in [0.15, 0.2) is 9.84 Å². The standard InChI is InChI=1S/C28H29ClN2O8S2/c1-4-25(41(36,37)20-11-9-19(40-3)10-12-20)27(34)30-22-16-24(32)23(15-21(22)29)31-26(33)17-5-7-18(8-6-17)28(35)39-14-13-38-2/h5-12,15-16,25,32H,4,13-14H2,1-3H3,(H,30,34)(H,31,33). The molecule has 13 heteroatoms. The molecular weight excluding hydrogens is 592 g/mol. The summed E-state index contributed by atoms with van der Waals surface area (Å²) in [6.07, 6.45) is 1.87. The number of anilines is 2. The van der Waals surface area contributed by atoms with Crippen LogP contribution in [0.15, 0.2) is 70.5 Å². The number of benzene rings is 3. The van der Waals surface area contributed by atoms with Crippen LogP contribution >= 0.6 is 23.4 Å². The molecule has 1 unspecified atom stereocenters. The topological polar surface area (TPSA) is 148 Å². The Morgan fingerprint density at radius 2 is 1.59 bits per heavy atom. The number of aromatic hydroxyl groups is 1. The number of phenolic OH excluding ortho intramolecular Hbond substituents is 1. The fraction of sp³-hybridized carbons (Fsp3) is 0.250. The van der Waals surface area contributed by atoms with Gasteiger partial charge in [0, 0.05) is 23.6 Å². The molecule has 0 bridgehead atoms. The van der Waals surface area contributed by atoms with E-state index in [4.69, 9.17) is 21.1 Å². The first-order valence-electron chi connectivity index (χ1n) is 12.3. The lowest BCUT2D eigenvalue weighted by Crippen LogP contribution is -2.34. The average molecular weight is 621 g/mol. The molecule has 0 heterocycles. The van der Waals surface area contributed by atoms with Gasteiger partial charge in [-0.25, -0.2) is 13.2 Å². The predicted molar refractivity (Wildman–Crippen MR) is 158 cm³/mol. The van der Waals surface area contributed by atoms with E-state index in [0.717, 1.165) is 11.0 Å². The molecule has 0 aliphatic heterocycles. The van der Waals surface area contributed by atoms with Crippen molar-refractivity contribution in [2.24, 2.45) is 0 Å². The number of hydrogen-bond acceptors (Lipinski definition) is 9. The largest absolute Gasteiger partial charge is 0.506 e. The molecular formula is C28H29ClN2O8S2. The average Bonchev–Trinajstić information content (AvgIpc) is 2.96. The molecule has 218 valence electrons. The van der Waals surface area contributed by atoms with Gasteiger partial charge < -0.3 is 25.2 Å². The number of ether oxygens (including phenoxy) is 2. The first-order chi connectivity index (χ1) is 19.5. The number of sulfone groups is 1. The van der Waals surface area contributed by atoms with Crippen molar-refractivity contribution >= 4 is 62.4 Å². The summed E-state index contributed by atoms with van der Waals surface area (Å²) < 4.78 is 36.1. The molecule has 3 aromatic carbocycles. The Morgan fingerprint density at radius 1 is 0.951 bits per heavy atom. The van der Waals surface area contributed by atoms with Crippen LogP contribution in [0.4, 0.5) is 11.4 Å². The van der Waals surface area contributed by atoms with Gasteiger partial charge in [-0.15, -0.1) is 11.8 Å². The second-order valence-electron chi connectivity index (χ2n) is 8.62. The maximum Gasteiger partial charge on any atom is 0.338 e. The number of carbonyl (C=O) groups is 3. The van der Waals surface area contributed by atoms with Crippen molar-refractivity contribution in [1.29, 1.82) is 0 Å². The number of hydrogen-bond donors (Lipinski definition) is 3. The third-order valence-corrected chi connectivity index (χ3v) is 9.20. The van der Waals surface area contributed by atoms with Gasteiger partial charge in [0.1, 0.15) is 17.6 Å². The first-order valence-corrected chi connectivity index (χ1v) is 15.5. The molecule has 3 N–H and O–H groups in total. The van der Waals surface area contributed by atoms with Gasteiger partial charge in [0.2, 0.25) is 5.91 Å². The fourth-order valence-electron chi connectivity index (χ4n) is 3.70. The van der Waals surface area contributed by atoms with Crippen LogP contribution in [0.2, 0.25) is 5.02 Å². The van der Waals surface area contributed by atoms with Crippen LogP contribution < -0.4 is 10.6 Å². The van der Waals surface area contributed by atoms with Crippen LogP contribution in [0, 0.1) is 0 Å². The molecule has 0 saturated heterocycles. The Hall–Kier alpha value is -3.58. The summed E-state index contributed by atoms with van der Waals surface area (Å²) in [7, 11) is -2.52. The summed E-state index contributed by atoms with van der Waals surface area (Å²) in [6, 6.07) is 14.2. The highest BCUT2D eigenvalue weighted by atomic mass is 35.5. The summed E-state index contributed by atoms with van der Waals surface area (Å²) in [5.41, 5.74) is 0.352. The van der Waals surface area contributed by atoms with Gasteiger partial charge in [0.25, 0.3) is 5.91 Å². The van der Waals surface area contributed by atoms with Crippen LogP contribution in [0.5, 0.6) is 5.75 Å². The molecule has 0 fully saturated rings. The zero-order chi connectivity index (χ0) is 30.2. The Kier molecular flexibility index (Phi) is 11.2. The van der Waals surface area contributed by atoms with E-state index < -0.39 is 38.6 Å². The number of halogens is 1. The third-order valence-electron chi connectivity index (χ3n) is 5.92. The Labute approximate surface area is 247 Å². The normalized spacial score (nSPS) is 11.9. The number of phenols is 1. The minimum absolute atomic E-state index is 0.000143. The molecule has 0 saturated carbocycles. The Morgan fingerprint density at radius 3 is 2.17 bits per heavy atom. The van der Waals surface area contributed by atoms with E-state index in [1.807, 2.05) is 6.26 Å². The van der Waals surface area contributed by atoms with Crippen molar-refractivity contribution in [2.45, 2.75) is 28.4 Å². The van der Waals surface area contributed by atoms with Crippen molar-refractivity contribution in [2.75, 3.05) is 37.2 Å². The minimum atomic E-state index is -4.01. The number of esters is 1. The molecule has 2 amide bonds. The van der Waals surface area contributed by atoms with Gasteiger partial charge >= 0.3 is 5.97 Å². The SMILES string of the molecule is CCC(C(=O)Nc1cc(O)c(NC(=O)c2ccc(C(=O)OCCOC)cc2)cc1Cl)S(=O)(=O)c1ccc(SC)cc1. The van der Waals surface area contributed by atoms with E-state index in [2.05, 4.69) is 10.6 Å². The molecule has 0 aliphatic carbocycles. The Balaban J connectivity index is 1.71. The molecule has 0 aliphatic rings. The molecule has 1 atom stereocenters. The van der Waals surface area contributed by atoms with E-state index in [-0.39, 0.29) is 52.1 Å². The van der Waals surface area contributed by atoms with Crippen molar-refractivity contribution in [3.05, 3.63) is 76.8 Å². The number of amides is 2. The number of rotatable bonds is 12. The summed E-state index contributed by atoms with van der Waals surface area (Å²) >= 11 is 7.77. The van der Waals surface area contributed by atoms with Crippen molar-refractivity contribution < 1.29 is 37.4 Å². The number of carbonyl (C=O) groups excluding carboxylic acids is 3. The smallest absolute Gasteiger partial charge is 0.338 e. The highest BCUT2D eigenvalue weighted by Gasteiger charge is 2.33. The third kappa shape index (κ3) is 8.00. The van der Waals surface area contributed by atoms with Crippen LogP contribution in [0.3, 0.4) is 0 Å². The maximum absolute atomic E-state index is 13.1. The zero-order valence-electron chi connectivity index (χ0n) is 22.5. The highest BCUT2D eigenvalue weighted by molar-refractivity contribution is 7.98. The van der Waals surface area contributed by atoms with Crippen LogP contribution in [-0.4, -0.2) is 63.1 Å². The van der Waals surface area contributed by atoms with Gasteiger partial charge in [-0.05, 0) is 67.3 Å². The molecule has 10 nitrogen and oxygen atoms in total. The van der Waals surface area contributed by atoms with Gasteiger partial charge in [-0.1, -0.05) is 18.5 Å². The van der Waals surface area contributed by atoms with Gasteiger partial charge in [-0.3, -0.25) is 9.59 Å². The molecule has 3 rings (SSSR count). The summed E-state index contributed by atoms with van der Waals surface area (Å²) in [5.74, 6) is -2.40. The van der Waals surface area contributed by atoms with E-state index >= 15 is 0 Å². The molecule has 3 aromatic rings. The number of methoxy groups -OCH3 is 1. The van der Waals surface area contributed by atoms with Crippen LogP contribution in [0.25, 0.3) is 0 Å². The number of thioether (sulfide) groups is 1. The zero-order valence-corrected chi connectivity index (χ0v) is 24.9. The molecule has 0 spiro atoms. The molecule has 0 aromatic heterocycles. The van der Waals surface area contributed by atoms with Crippen LogP contribution in [-0.2, 0) is 24.1 Å². The minimum Gasteiger partial charge on any atom is -0.506 e. The van der Waals surface area contributed by atoms with E-state index in [0.29, 0.717) is 0 Å². The molecule has 0 radical (unpaired) electrons. The number of nitrogens with one attached hydrogen (secondary N) is 2. The van der Waals surface area contributed by atoms with Crippen LogP contribution in [0.1, 0.15) is 34.1 Å². The van der Waals surface area contributed by atoms with Crippen molar-refractivity contribution in [3.63, 3.8) is 0 Å². The van der Waals surface area contributed by atoms with E-state index in [1.165, 1.54) is 61.3 Å². The molecule has 41 heavy (non-hydrogen) atoms. The predicted octanol–water partition coefficient (Wildman–Crippen LogP) is 5.01. The lowest BCUT2D eigenvalue weighted by molar-refractivity contribution is -0.115. The maximum atomic E-state index is 13.1. The highest BCUT2D eigenvalue weighted by Crippen LogP contribution is 2.35. The summed E-state index contributed by atoms with van der Waals surface area (Å²) in [6.45, 7) is 1.92. The Bertz CT molecular complexity index is 1510. The summed E-state index contributed by atoms with van der Waals surface area (Å²) in [5, 5.41) is 14.0. The van der Waals surface area contributed by atoms with Crippen molar-refractivity contribution in [3.8, 4) is 5.75 Å². The second-order valence-corrected chi connectivity index (χ2v) is 12.0. The summed E-state index contributed by atoms with van der Waals surface area (Å²) in [4.78, 5) is 38.6. The lowest BCUT2D eigenvalue weighted by atomic mass is 10.1. The van der Waals surface area contributed by atoms with E-state index in [1.54, 1.807) is 19.1 Å². The lowest BCUT2D eigenvalue weighted by Gasteiger charge is -2.18. The first kappa shape index (κ1) is 31.9. The quantitative estimate of drug-likeness (QED) is 0.110. The monoisotopic (exact) mass is 620 g/mol.